The fourth-order valence-corrected chi connectivity index (χ4v) is 3.88. The van der Waals surface area contributed by atoms with Crippen LogP contribution in [0.1, 0.15) is 22.8 Å². The summed E-state index contributed by atoms with van der Waals surface area (Å²) < 4.78 is 6.39. The second-order valence-electron chi connectivity index (χ2n) is 6.80. The number of nitrogens with one attached hydrogen (secondary N) is 1. The van der Waals surface area contributed by atoms with Crippen LogP contribution in [0.3, 0.4) is 0 Å². The number of likely N-dealkylation sites (N-methyl/N-ethyl adjacent to an activating group) is 1. The largest absolute Gasteiger partial charge is 0.497 e. The van der Waals surface area contributed by atoms with Gasteiger partial charge >= 0.3 is 0 Å². The van der Waals surface area contributed by atoms with Crippen LogP contribution < -0.4 is 14.5 Å². The van der Waals surface area contributed by atoms with Gasteiger partial charge < -0.3 is 9.64 Å². The molecule has 0 saturated heterocycles. The molecule has 5 nitrogen and oxygen atoms in total. The van der Waals surface area contributed by atoms with E-state index in [1.54, 1.807) is 29.4 Å². The van der Waals surface area contributed by atoms with Gasteiger partial charge in [0.15, 0.2) is 5.13 Å². The van der Waals surface area contributed by atoms with Crippen LogP contribution in [0.25, 0.3) is 10.2 Å². The number of rotatable bonds is 7. The van der Waals surface area contributed by atoms with Crippen molar-refractivity contribution >= 4 is 32.6 Å². The van der Waals surface area contributed by atoms with Gasteiger partial charge in [-0.3, -0.25) is 9.69 Å². The Labute approximate surface area is 164 Å². The Morgan fingerprint density at radius 1 is 1.22 bits per heavy atom. The molecule has 2 aromatic carbocycles. The lowest BCUT2D eigenvalue weighted by Gasteiger charge is -2.21. The van der Waals surface area contributed by atoms with Crippen LogP contribution in [0.4, 0.5) is 5.13 Å². The van der Waals surface area contributed by atoms with Crippen molar-refractivity contribution in [3.8, 4) is 5.75 Å². The fourth-order valence-electron chi connectivity index (χ4n) is 2.82. The molecule has 0 bridgehead atoms. The molecule has 3 rings (SSSR count). The van der Waals surface area contributed by atoms with Crippen molar-refractivity contribution < 1.29 is 14.4 Å². The first-order valence-electron chi connectivity index (χ1n) is 9.16. The van der Waals surface area contributed by atoms with Crippen LogP contribution in [0.5, 0.6) is 5.75 Å². The number of aromatic nitrogens is 1. The van der Waals surface area contributed by atoms with Crippen molar-refractivity contribution in [2.24, 2.45) is 0 Å². The van der Waals surface area contributed by atoms with Crippen LogP contribution >= 0.6 is 11.3 Å². The topological polar surface area (TPSA) is 46.9 Å². The number of methoxy groups -OCH3 is 1. The molecular weight excluding hydrogens is 358 g/mol. The van der Waals surface area contributed by atoms with Gasteiger partial charge in [0.05, 0.1) is 44.5 Å². The third-order valence-corrected chi connectivity index (χ3v) is 5.52. The minimum Gasteiger partial charge on any atom is -0.497 e. The predicted molar refractivity (Wildman–Crippen MR) is 111 cm³/mol. The molecule has 1 amide bonds. The van der Waals surface area contributed by atoms with E-state index in [1.807, 2.05) is 24.3 Å². The van der Waals surface area contributed by atoms with Gasteiger partial charge in [0, 0.05) is 5.56 Å². The lowest BCUT2D eigenvalue weighted by molar-refractivity contribution is -0.856. The van der Waals surface area contributed by atoms with Crippen molar-refractivity contribution in [2.75, 3.05) is 39.2 Å². The maximum Gasteiger partial charge on any atom is 0.260 e. The molecule has 1 N–H and O–H groups in total. The van der Waals surface area contributed by atoms with E-state index in [0.29, 0.717) is 17.9 Å². The molecule has 0 spiro atoms. The normalized spacial score (nSPS) is 11.1. The van der Waals surface area contributed by atoms with Crippen LogP contribution in [-0.4, -0.2) is 45.2 Å². The quantitative estimate of drug-likeness (QED) is 0.681. The Balaban J connectivity index is 1.98. The summed E-state index contributed by atoms with van der Waals surface area (Å²) in [7, 11) is 5.77. The first-order chi connectivity index (χ1) is 13.0. The molecule has 0 atom stereocenters. The third-order valence-electron chi connectivity index (χ3n) is 4.48. The highest BCUT2D eigenvalue weighted by Gasteiger charge is 2.22. The summed E-state index contributed by atoms with van der Waals surface area (Å²) in [5.41, 5.74) is 2.82. The van der Waals surface area contributed by atoms with Crippen LogP contribution in [0.2, 0.25) is 0 Å². The Morgan fingerprint density at radius 2 is 2.04 bits per heavy atom. The smallest absolute Gasteiger partial charge is 0.260 e. The third kappa shape index (κ3) is 4.46. The molecule has 0 aliphatic rings. The number of anilines is 1. The van der Waals surface area contributed by atoms with Crippen LogP contribution in [0, 0.1) is 0 Å². The zero-order valence-electron chi connectivity index (χ0n) is 16.3. The SMILES string of the molecule is CCc1ccc2nc(N(CC[NH+](C)C)C(=O)c3cccc(OC)c3)sc2c1. The monoisotopic (exact) mass is 384 g/mol. The first kappa shape index (κ1) is 19.3. The number of aryl methyl sites for hydroxylation is 1. The van der Waals surface area contributed by atoms with Gasteiger partial charge in [-0.25, -0.2) is 4.98 Å². The van der Waals surface area contributed by atoms with E-state index < -0.39 is 0 Å². The summed E-state index contributed by atoms with van der Waals surface area (Å²) in [6.07, 6.45) is 0.986. The van der Waals surface area contributed by atoms with Crippen molar-refractivity contribution in [1.29, 1.82) is 0 Å². The minimum atomic E-state index is -0.0510. The fraction of sp³-hybridized carbons (Fsp3) is 0.333. The summed E-state index contributed by atoms with van der Waals surface area (Å²) in [4.78, 5) is 21.1. The highest BCUT2D eigenvalue weighted by atomic mass is 32.1. The molecule has 142 valence electrons. The number of thiazole rings is 1. The average Bonchev–Trinajstić information content (AvgIpc) is 3.10. The highest BCUT2D eigenvalue weighted by Crippen LogP contribution is 2.30. The van der Waals surface area contributed by atoms with E-state index in [1.165, 1.54) is 10.5 Å². The number of carbonyl (C=O) groups is 1. The van der Waals surface area contributed by atoms with Crippen molar-refractivity contribution in [3.05, 3.63) is 53.6 Å². The molecule has 3 aromatic rings. The van der Waals surface area contributed by atoms with Crippen molar-refractivity contribution in [2.45, 2.75) is 13.3 Å². The molecule has 1 heterocycles. The number of benzene rings is 2. The van der Waals surface area contributed by atoms with Crippen LogP contribution in [0.15, 0.2) is 42.5 Å². The molecule has 0 aliphatic carbocycles. The zero-order valence-corrected chi connectivity index (χ0v) is 17.1. The predicted octanol–water partition coefficient (Wildman–Crippen LogP) is 2.66. The van der Waals surface area contributed by atoms with E-state index in [4.69, 9.17) is 9.72 Å². The number of nitrogens with zero attached hydrogens (tertiary/aromatic N) is 2. The van der Waals surface area contributed by atoms with Gasteiger partial charge in [-0.1, -0.05) is 30.4 Å². The molecule has 27 heavy (non-hydrogen) atoms. The molecule has 0 saturated carbocycles. The number of quaternary nitrogens is 1. The Morgan fingerprint density at radius 3 is 2.74 bits per heavy atom. The average molecular weight is 385 g/mol. The van der Waals surface area contributed by atoms with Gasteiger partial charge in [0.2, 0.25) is 0 Å². The zero-order chi connectivity index (χ0) is 19.4. The van der Waals surface area contributed by atoms with E-state index >= 15 is 0 Å². The Kier molecular flexibility index (Phi) is 6.08. The molecule has 0 unspecified atom stereocenters. The number of hydrogen-bond acceptors (Lipinski definition) is 4. The maximum absolute atomic E-state index is 13.3. The van der Waals surface area contributed by atoms with E-state index in [2.05, 4.69) is 33.2 Å². The molecule has 1 aromatic heterocycles. The summed E-state index contributed by atoms with van der Waals surface area (Å²) >= 11 is 1.57. The molecule has 6 heteroatoms. The lowest BCUT2D eigenvalue weighted by atomic mass is 10.2. The number of amides is 1. The second kappa shape index (κ2) is 8.50. The van der Waals surface area contributed by atoms with Crippen molar-refractivity contribution in [3.63, 3.8) is 0 Å². The van der Waals surface area contributed by atoms with Crippen molar-refractivity contribution in [1.82, 2.24) is 4.98 Å². The first-order valence-corrected chi connectivity index (χ1v) is 9.98. The number of hydrogen-bond donors (Lipinski definition) is 1. The summed E-state index contributed by atoms with van der Waals surface area (Å²) in [6, 6.07) is 13.6. The van der Waals surface area contributed by atoms with E-state index in [0.717, 1.165) is 28.3 Å². The minimum absolute atomic E-state index is 0.0510. The van der Waals surface area contributed by atoms with Crippen LogP contribution in [-0.2, 0) is 6.42 Å². The van der Waals surface area contributed by atoms with Gasteiger partial charge in [-0.15, -0.1) is 0 Å². The van der Waals surface area contributed by atoms with Gasteiger partial charge in [0.1, 0.15) is 5.75 Å². The molecule has 0 radical (unpaired) electrons. The molecule has 0 aliphatic heterocycles. The second-order valence-corrected chi connectivity index (χ2v) is 7.81. The lowest BCUT2D eigenvalue weighted by Crippen LogP contribution is -3.06. The summed E-state index contributed by atoms with van der Waals surface area (Å²) in [5.74, 6) is 0.626. The van der Waals surface area contributed by atoms with Gasteiger partial charge in [-0.2, -0.15) is 0 Å². The Bertz CT molecular complexity index is 936. The summed E-state index contributed by atoms with van der Waals surface area (Å²) in [6.45, 7) is 3.59. The van der Waals surface area contributed by atoms with E-state index in [-0.39, 0.29) is 5.91 Å². The summed E-state index contributed by atoms with van der Waals surface area (Å²) in [5, 5.41) is 0.743. The molecule has 0 fully saturated rings. The maximum atomic E-state index is 13.3. The standard InChI is InChI=1S/C21H25N3O2S/c1-5-15-9-10-18-19(13-15)27-21(22-18)24(12-11-23(2)3)20(25)16-7-6-8-17(14-16)26-4/h6-10,13-14H,5,11-12H2,1-4H3/p+1. The number of fused-ring (bicyclic) bond motifs is 1. The number of ether oxygens (including phenoxy) is 1. The van der Waals surface area contributed by atoms with Gasteiger partial charge in [-0.05, 0) is 42.3 Å². The highest BCUT2D eigenvalue weighted by molar-refractivity contribution is 7.22. The van der Waals surface area contributed by atoms with E-state index in [9.17, 15) is 4.79 Å². The number of carbonyl (C=O) groups excluding carboxylic acids is 1. The van der Waals surface area contributed by atoms with Gasteiger partial charge in [0.25, 0.3) is 5.91 Å². The molecular formula is C21H26N3O2S+. The Hall–Kier alpha value is -2.44.